The molecule has 62 heavy (non-hydrogen) atoms. The maximum Gasteiger partial charge on any atom is 0.268 e. The number of quaternary nitrogens is 1. The first-order chi connectivity index (χ1) is 30.0. The summed E-state index contributed by atoms with van der Waals surface area (Å²) in [5.41, 5.74) is 0. The minimum Gasteiger partial charge on any atom is -0.756 e. The lowest BCUT2D eigenvalue weighted by atomic mass is 10.0. The average molecular weight is 897 g/mol. The maximum atomic E-state index is 12.9. The number of hydrogen-bond acceptors (Lipinski definition) is 6. The van der Waals surface area contributed by atoms with Gasteiger partial charge in [-0.3, -0.25) is 9.36 Å². The molecule has 0 aliphatic carbocycles. The van der Waals surface area contributed by atoms with Gasteiger partial charge in [-0.15, -0.1) is 0 Å². The van der Waals surface area contributed by atoms with E-state index in [0.29, 0.717) is 17.4 Å². The molecule has 0 fully saturated rings. The third kappa shape index (κ3) is 47.0. The molecule has 0 saturated carbocycles. The van der Waals surface area contributed by atoms with Crippen LogP contribution in [0.3, 0.4) is 0 Å². The van der Waals surface area contributed by atoms with E-state index in [-0.39, 0.29) is 19.1 Å². The van der Waals surface area contributed by atoms with Crippen LogP contribution < -0.4 is 10.2 Å². The van der Waals surface area contributed by atoms with Gasteiger partial charge >= 0.3 is 0 Å². The lowest BCUT2D eigenvalue weighted by Gasteiger charge is -2.29. The number of hydrogen-bond donors (Lipinski definition) is 2. The summed E-state index contributed by atoms with van der Waals surface area (Å²) in [6, 6.07) is -0.888. The second kappa shape index (κ2) is 45.1. The molecule has 0 radical (unpaired) electrons. The molecule has 1 amide bonds. The molecule has 9 heteroatoms. The summed E-state index contributed by atoms with van der Waals surface area (Å²) in [5, 5.41) is 13.8. The summed E-state index contributed by atoms with van der Waals surface area (Å²) in [6.07, 6.45) is 55.3. The number of nitrogens with zero attached hydrogens (tertiary/aromatic N) is 1. The summed E-state index contributed by atoms with van der Waals surface area (Å²) < 4.78 is 23.3. The molecule has 0 saturated heterocycles. The molecule has 0 aromatic heterocycles. The Morgan fingerprint density at radius 1 is 0.548 bits per heavy atom. The van der Waals surface area contributed by atoms with Crippen molar-refractivity contribution in [2.75, 3.05) is 40.9 Å². The van der Waals surface area contributed by atoms with Crippen molar-refractivity contribution in [1.82, 2.24) is 5.32 Å². The highest BCUT2D eigenvalue weighted by Gasteiger charge is 2.23. The third-order valence-corrected chi connectivity index (χ3v) is 13.1. The van der Waals surface area contributed by atoms with Gasteiger partial charge in [0, 0.05) is 6.42 Å². The van der Waals surface area contributed by atoms with Gasteiger partial charge in [0.25, 0.3) is 7.82 Å². The van der Waals surface area contributed by atoms with E-state index in [1.54, 1.807) is 6.08 Å². The van der Waals surface area contributed by atoms with Crippen molar-refractivity contribution in [2.24, 2.45) is 0 Å². The Labute approximate surface area is 385 Å². The largest absolute Gasteiger partial charge is 0.756 e. The number of amides is 1. The van der Waals surface area contributed by atoms with Crippen molar-refractivity contribution in [2.45, 2.75) is 270 Å². The zero-order valence-electron chi connectivity index (χ0n) is 41.8. The van der Waals surface area contributed by atoms with Crippen molar-refractivity contribution in [1.29, 1.82) is 0 Å². The van der Waals surface area contributed by atoms with Gasteiger partial charge < -0.3 is 28.8 Å². The quantitative estimate of drug-likeness (QED) is 0.0273. The van der Waals surface area contributed by atoms with E-state index in [1.165, 1.54) is 186 Å². The van der Waals surface area contributed by atoms with Crippen LogP contribution in [0.25, 0.3) is 0 Å². The minimum absolute atomic E-state index is 0.00119. The van der Waals surface area contributed by atoms with E-state index in [1.807, 2.05) is 27.2 Å². The number of allylic oxidation sites excluding steroid dienone is 3. The zero-order valence-corrected chi connectivity index (χ0v) is 42.7. The summed E-state index contributed by atoms with van der Waals surface area (Å²) in [5.74, 6) is -0.204. The monoisotopic (exact) mass is 897 g/mol. The molecule has 8 nitrogen and oxygen atoms in total. The maximum absolute atomic E-state index is 12.9. The molecule has 0 bridgehead atoms. The average Bonchev–Trinajstić information content (AvgIpc) is 3.23. The Morgan fingerprint density at radius 3 is 1.26 bits per heavy atom. The number of phosphoric acid groups is 1. The van der Waals surface area contributed by atoms with E-state index < -0.39 is 20.0 Å². The van der Waals surface area contributed by atoms with E-state index in [9.17, 15) is 19.4 Å². The van der Waals surface area contributed by atoms with Crippen LogP contribution in [0.4, 0.5) is 0 Å². The van der Waals surface area contributed by atoms with Gasteiger partial charge in [-0.1, -0.05) is 231 Å². The molecule has 368 valence electrons. The molecule has 3 atom stereocenters. The second-order valence-corrected chi connectivity index (χ2v) is 21.0. The fourth-order valence-electron chi connectivity index (χ4n) is 7.91. The third-order valence-electron chi connectivity index (χ3n) is 12.2. The van der Waals surface area contributed by atoms with Gasteiger partial charge in [-0.05, 0) is 44.9 Å². The Balaban J connectivity index is 4.23. The van der Waals surface area contributed by atoms with Crippen LogP contribution in [0.1, 0.15) is 258 Å². The van der Waals surface area contributed by atoms with Crippen LogP contribution in [-0.2, 0) is 18.4 Å². The molecule has 3 unspecified atom stereocenters. The van der Waals surface area contributed by atoms with Crippen molar-refractivity contribution < 1.29 is 32.9 Å². The molecule has 0 aliphatic rings. The van der Waals surface area contributed by atoms with Crippen LogP contribution in [0.2, 0.25) is 0 Å². The number of unbranched alkanes of at least 4 members (excludes halogenated alkanes) is 34. The van der Waals surface area contributed by atoms with Gasteiger partial charge in [-0.25, -0.2) is 0 Å². The second-order valence-electron chi connectivity index (χ2n) is 19.6. The van der Waals surface area contributed by atoms with E-state index in [0.717, 1.165) is 51.4 Å². The number of carbonyl (C=O) groups excluding carboxylic acids is 1. The predicted octanol–water partition coefficient (Wildman–Crippen LogP) is 15.0. The number of nitrogens with one attached hydrogen (secondary N) is 1. The highest BCUT2D eigenvalue weighted by Crippen LogP contribution is 2.38. The lowest BCUT2D eigenvalue weighted by Crippen LogP contribution is -2.45. The van der Waals surface area contributed by atoms with Crippen LogP contribution in [0, 0.1) is 0 Å². The zero-order chi connectivity index (χ0) is 45.7. The molecule has 2 N–H and O–H groups in total. The normalized spacial score (nSPS) is 14.2. The fourth-order valence-corrected chi connectivity index (χ4v) is 8.64. The SMILES string of the molecule is CCCCCCCC/C=C\CCCCCCCC(=O)NC(COP(=O)([O-])OCC[N+](C)(C)C)C(O)/C=C/CCCCCCCCCCCCCCCCCCCCCCCCC. The number of aliphatic hydroxyl groups excluding tert-OH is 1. The first kappa shape index (κ1) is 61.0. The molecular formula is C53H105N2O6P. The Bertz CT molecular complexity index is 1060. The highest BCUT2D eigenvalue weighted by atomic mass is 31.2. The fraction of sp³-hybridized carbons (Fsp3) is 0.906. The Kier molecular flexibility index (Phi) is 44.4. The summed E-state index contributed by atoms with van der Waals surface area (Å²) in [6.45, 7) is 4.66. The summed E-state index contributed by atoms with van der Waals surface area (Å²) in [4.78, 5) is 25.4. The van der Waals surface area contributed by atoms with Crippen molar-refractivity contribution in [3.8, 4) is 0 Å². The molecule has 0 aromatic rings. The smallest absolute Gasteiger partial charge is 0.268 e. The number of carbonyl (C=O) groups is 1. The molecule has 0 aromatic carbocycles. The molecular weight excluding hydrogens is 792 g/mol. The molecule has 0 heterocycles. The first-order valence-electron chi connectivity index (χ1n) is 26.7. The highest BCUT2D eigenvalue weighted by molar-refractivity contribution is 7.45. The number of rotatable bonds is 49. The topological polar surface area (TPSA) is 108 Å². The van der Waals surface area contributed by atoms with Crippen LogP contribution >= 0.6 is 7.82 Å². The van der Waals surface area contributed by atoms with Gasteiger partial charge in [0.2, 0.25) is 5.91 Å². The minimum atomic E-state index is -4.59. The van der Waals surface area contributed by atoms with Crippen molar-refractivity contribution >= 4 is 13.7 Å². The molecule has 0 aliphatic heterocycles. The summed E-state index contributed by atoms with van der Waals surface area (Å²) >= 11 is 0. The van der Waals surface area contributed by atoms with E-state index in [4.69, 9.17) is 9.05 Å². The van der Waals surface area contributed by atoms with Gasteiger partial charge in [-0.2, -0.15) is 0 Å². The van der Waals surface area contributed by atoms with Crippen LogP contribution in [0.15, 0.2) is 24.3 Å². The van der Waals surface area contributed by atoms with Gasteiger partial charge in [0.15, 0.2) is 0 Å². The first-order valence-corrected chi connectivity index (χ1v) is 28.2. The number of likely N-dealkylation sites (N-methyl/N-ethyl adjacent to an activating group) is 1. The van der Waals surface area contributed by atoms with Crippen LogP contribution in [0.5, 0.6) is 0 Å². The standard InChI is InChI=1S/C53H105N2O6P/c1-6-8-10-12-14-16-18-20-22-23-24-25-26-27-28-29-30-31-33-34-36-38-40-42-44-46-52(56)51(50-61-62(58,59)60-49-48-55(3,4)5)54-53(57)47-45-43-41-39-37-35-32-21-19-17-15-13-11-9-7-2/h21,32,44,46,51-52,56H,6-20,22-31,33-43,45,47-50H2,1-5H3,(H-,54,57,58,59)/b32-21-,46-44+. The Hall–Kier alpha value is -1.02. The molecule has 0 spiro atoms. The van der Waals surface area contributed by atoms with Gasteiger partial charge in [0.05, 0.1) is 39.9 Å². The predicted molar refractivity (Wildman–Crippen MR) is 265 cm³/mol. The number of aliphatic hydroxyl groups is 1. The van der Waals surface area contributed by atoms with E-state index in [2.05, 4.69) is 31.3 Å². The van der Waals surface area contributed by atoms with Crippen molar-refractivity contribution in [3.63, 3.8) is 0 Å². The van der Waals surface area contributed by atoms with Crippen molar-refractivity contribution in [3.05, 3.63) is 24.3 Å². The Morgan fingerprint density at radius 2 is 0.887 bits per heavy atom. The van der Waals surface area contributed by atoms with E-state index >= 15 is 0 Å². The van der Waals surface area contributed by atoms with Gasteiger partial charge in [0.1, 0.15) is 13.2 Å². The number of phosphoric ester groups is 1. The van der Waals surface area contributed by atoms with Crippen LogP contribution in [-0.4, -0.2) is 68.5 Å². The summed E-state index contributed by atoms with van der Waals surface area (Å²) in [7, 11) is 1.26. The molecule has 0 rings (SSSR count). The lowest BCUT2D eigenvalue weighted by molar-refractivity contribution is -0.870.